The van der Waals surface area contributed by atoms with Gasteiger partial charge in [0.05, 0.1) is 25.1 Å². The normalized spacial score (nSPS) is 10.9. The van der Waals surface area contributed by atoms with Crippen LogP contribution in [0.5, 0.6) is 11.5 Å². The van der Waals surface area contributed by atoms with E-state index in [-0.39, 0.29) is 0 Å². The molecule has 0 spiro atoms. The van der Waals surface area contributed by atoms with E-state index in [2.05, 4.69) is 27.8 Å². The fraction of sp³-hybridized carbons (Fsp3) is 0.238. The average molecular weight is 440 g/mol. The molecule has 7 nitrogen and oxygen atoms in total. The van der Waals surface area contributed by atoms with Crippen LogP contribution in [0.2, 0.25) is 0 Å². The molecule has 2 aromatic heterocycles. The van der Waals surface area contributed by atoms with Crippen molar-refractivity contribution in [1.82, 2.24) is 25.2 Å². The lowest BCUT2D eigenvalue weighted by Crippen LogP contribution is -1.99. The lowest BCUT2D eigenvalue weighted by Gasteiger charge is -2.09. The number of aryl methyl sites for hydroxylation is 1. The molecule has 0 fully saturated rings. The van der Waals surface area contributed by atoms with E-state index in [1.165, 1.54) is 5.56 Å². The van der Waals surface area contributed by atoms with E-state index in [4.69, 9.17) is 14.5 Å². The van der Waals surface area contributed by atoms with Crippen molar-refractivity contribution in [2.75, 3.05) is 13.7 Å². The first-order valence-corrected chi connectivity index (χ1v) is 11.3. The van der Waals surface area contributed by atoms with Crippen LogP contribution < -0.4 is 9.47 Å². The Kier molecular flexibility index (Phi) is 6.29. The Bertz CT molecular complexity index is 1120. The number of tetrazole rings is 1. The first-order chi connectivity index (χ1) is 14.7. The Hall–Kier alpha value is -2.91. The second-order valence-corrected chi connectivity index (χ2v) is 8.24. The van der Waals surface area contributed by atoms with Gasteiger partial charge in [-0.15, -0.1) is 16.4 Å². The molecule has 0 unspecified atom stereocenters. The van der Waals surface area contributed by atoms with Gasteiger partial charge in [0.15, 0.2) is 11.5 Å². The number of rotatable bonds is 8. The van der Waals surface area contributed by atoms with Crippen LogP contribution in [0.25, 0.3) is 16.3 Å². The van der Waals surface area contributed by atoms with Crippen LogP contribution in [-0.2, 0) is 5.75 Å². The van der Waals surface area contributed by atoms with Gasteiger partial charge in [-0.25, -0.2) is 4.98 Å². The summed E-state index contributed by atoms with van der Waals surface area (Å²) in [5.74, 6) is 2.12. The van der Waals surface area contributed by atoms with E-state index < -0.39 is 0 Å². The predicted octanol–water partition coefficient (Wildman–Crippen LogP) is 4.79. The van der Waals surface area contributed by atoms with E-state index in [0.717, 1.165) is 32.9 Å². The van der Waals surface area contributed by atoms with E-state index in [1.54, 1.807) is 34.9 Å². The minimum Gasteiger partial charge on any atom is -0.493 e. The molecule has 154 valence electrons. The summed E-state index contributed by atoms with van der Waals surface area (Å²) in [5.41, 5.74) is 4.11. The number of thiazole rings is 1. The van der Waals surface area contributed by atoms with Crippen molar-refractivity contribution in [3.8, 4) is 27.8 Å². The van der Waals surface area contributed by atoms with Crippen molar-refractivity contribution in [2.24, 2.45) is 0 Å². The van der Waals surface area contributed by atoms with Crippen LogP contribution in [0.4, 0.5) is 0 Å². The highest BCUT2D eigenvalue weighted by molar-refractivity contribution is 7.98. The van der Waals surface area contributed by atoms with Gasteiger partial charge in [-0.2, -0.15) is 4.68 Å². The molecule has 0 N–H and O–H groups in total. The summed E-state index contributed by atoms with van der Waals surface area (Å²) in [7, 11) is 1.64. The van der Waals surface area contributed by atoms with Crippen LogP contribution in [0.15, 0.2) is 53.0 Å². The second-order valence-electron chi connectivity index (χ2n) is 6.44. The number of ether oxygens (including phenoxy) is 2. The lowest BCUT2D eigenvalue weighted by molar-refractivity contribution is 0.311. The van der Waals surface area contributed by atoms with Crippen molar-refractivity contribution in [2.45, 2.75) is 24.8 Å². The van der Waals surface area contributed by atoms with Crippen molar-refractivity contribution < 1.29 is 9.47 Å². The lowest BCUT2D eigenvalue weighted by atomic mass is 10.2. The van der Waals surface area contributed by atoms with Gasteiger partial charge in [-0.3, -0.25) is 0 Å². The van der Waals surface area contributed by atoms with Crippen molar-refractivity contribution >= 4 is 23.1 Å². The van der Waals surface area contributed by atoms with Gasteiger partial charge in [0.2, 0.25) is 5.16 Å². The molecule has 2 aromatic carbocycles. The van der Waals surface area contributed by atoms with Crippen molar-refractivity contribution in [1.29, 1.82) is 0 Å². The number of hydrogen-bond acceptors (Lipinski definition) is 8. The van der Waals surface area contributed by atoms with E-state index in [0.29, 0.717) is 18.1 Å². The number of nitrogens with zero attached hydrogens (tertiary/aromatic N) is 5. The topological polar surface area (TPSA) is 75.0 Å². The standard InChI is InChI=1S/C21H21N5O2S2/c1-4-28-18-10-7-15(11-19(18)27-3)20-22-16(12-29-20)13-30-21-23-24-25-26(21)17-8-5-14(2)6-9-17/h5-12H,4,13H2,1-3H3. The summed E-state index contributed by atoms with van der Waals surface area (Å²) in [5, 5.41) is 15.8. The third-order valence-electron chi connectivity index (χ3n) is 4.33. The fourth-order valence-corrected chi connectivity index (χ4v) is 4.54. The molecule has 2 heterocycles. The molecule has 0 atom stereocenters. The largest absolute Gasteiger partial charge is 0.493 e. The van der Waals surface area contributed by atoms with E-state index in [9.17, 15) is 0 Å². The maximum atomic E-state index is 5.59. The quantitative estimate of drug-likeness (QED) is 0.365. The average Bonchev–Trinajstić information content (AvgIpc) is 3.43. The van der Waals surface area contributed by atoms with Gasteiger partial charge in [0.1, 0.15) is 5.01 Å². The number of hydrogen-bond donors (Lipinski definition) is 0. The van der Waals surface area contributed by atoms with Gasteiger partial charge in [0.25, 0.3) is 0 Å². The minimum atomic E-state index is 0.594. The summed E-state index contributed by atoms with van der Waals surface area (Å²) >= 11 is 3.16. The molecule has 0 saturated carbocycles. The predicted molar refractivity (Wildman–Crippen MR) is 119 cm³/mol. The summed E-state index contributed by atoms with van der Waals surface area (Å²) in [6.07, 6.45) is 0. The minimum absolute atomic E-state index is 0.594. The van der Waals surface area contributed by atoms with Crippen LogP contribution >= 0.6 is 23.1 Å². The van der Waals surface area contributed by atoms with Gasteiger partial charge in [-0.05, 0) is 54.6 Å². The van der Waals surface area contributed by atoms with Crippen LogP contribution in [-0.4, -0.2) is 38.9 Å². The molecule has 0 aliphatic heterocycles. The molecule has 4 aromatic rings. The molecule has 0 amide bonds. The monoisotopic (exact) mass is 439 g/mol. The molecule has 4 rings (SSSR count). The third-order valence-corrected chi connectivity index (χ3v) is 6.22. The van der Waals surface area contributed by atoms with Crippen molar-refractivity contribution in [3.63, 3.8) is 0 Å². The Morgan fingerprint density at radius 1 is 1.10 bits per heavy atom. The highest BCUT2D eigenvalue weighted by Gasteiger charge is 2.13. The van der Waals surface area contributed by atoms with E-state index >= 15 is 0 Å². The number of aromatic nitrogens is 5. The number of benzene rings is 2. The molecule has 0 radical (unpaired) electrons. The number of methoxy groups -OCH3 is 1. The maximum absolute atomic E-state index is 5.59. The van der Waals surface area contributed by atoms with Gasteiger partial charge >= 0.3 is 0 Å². The van der Waals surface area contributed by atoms with Gasteiger partial charge in [0, 0.05) is 16.7 Å². The van der Waals surface area contributed by atoms with Gasteiger partial charge in [-0.1, -0.05) is 29.5 Å². The van der Waals surface area contributed by atoms with Crippen LogP contribution in [0, 0.1) is 6.92 Å². The summed E-state index contributed by atoms with van der Waals surface area (Å²) in [6.45, 7) is 4.60. The SMILES string of the molecule is CCOc1ccc(-c2nc(CSc3nnnn3-c3ccc(C)cc3)cs2)cc1OC. The molecule has 0 aliphatic rings. The molecule has 30 heavy (non-hydrogen) atoms. The Morgan fingerprint density at radius 3 is 2.70 bits per heavy atom. The third kappa shape index (κ3) is 4.47. The Balaban J connectivity index is 1.47. The zero-order chi connectivity index (χ0) is 20.9. The molecule has 0 saturated heterocycles. The first kappa shape index (κ1) is 20.4. The Morgan fingerprint density at radius 2 is 1.93 bits per heavy atom. The molecule has 9 heteroatoms. The molecule has 0 bridgehead atoms. The first-order valence-electron chi connectivity index (χ1n) is 9.41. The highest BCUT2D eigenvalue weighted by Crippen LogP contribution is 2.34. The van der Waals surface area contributed by atoms with Gasteiger partial charge < -0.3 is 9.47 Å². The fourth-order valence-electron chi connectivity index (χ4n) is 2.84. The van der Waals surface area contributed by atoms with Crippen molar-refractivity contribution in [3.05, 3.63) is 59.1 Å². The number of thioether (sulfide) groups is 1. The summed E-state index contributed by atoms with van der Waals surface area (Å²) < 4.78 is 12.8. The summed E-state index contributed by atoms with van der Waals surface area (Å²) in [6, 6.07) is 14.0. The zero-order valence-corrected chi connectivity index (χ0v) is 18.5. The maximum Gasteiger partial charge on any atom is 0.214 e. The molecule has 0 aliphatic carbocycles. The molecular formula is C21H21N5O2S2. The Labute approximate surface area is 183 Å². The highest BCUT2D eigenvalue weighted by atomic mass is 32.2. The van der Waals surface area contributed by atoms with E-state index in [1.807, 2.05) is 49.4 Å². The zero-order valence-electron chi connectivity index (χ0n) is 16.9. The smallest absolute Gasteiger partial charge is 0.214 e. The summed E-state index contributed by atoms with van der Waals surface area (Å²) in [4.78, 5) is 4.77. The molecular weight excluding hydrogens is 418 g/mol. The van der Waals surface area contributed by atoms with Crippen LogP contribution in [0.1, 0.15) is 18.2 Å². The second kappa shape index (κ2) is 9.27. The van der Waals surface area contributed by atoms with Crippen LogP contribution in [0.3, 0.4) is 0 Å².